The van der Waals surface area contributed by atoms with Crippen LogP contribution in [0.4, 0.5) is 5.69 Å². The first-order valence-electron chi connectivity index (χ1n) is 9.55. The second-order valence-electron chi connectivity index (χ2n) is 7.49. The van der Waals surface area contributed by atoms with E-state index in [-0.39, 0.29) is 18.3 Å². The minimum Gasteiger partial charge on any atom is -0.508 e. The van der Waals surface area contributed by atoms with Gasteiger partial charge in [0, 0.05) is 6.04 Å². The van der Waals surface area contributed by atoms with Crippen LogP contribution in [0.1, 0.15) is 25.5 Å². The molecule has 0 aliphatic carbocycles. The van der Waals surface area contributed by atoms with Crippen LogP contribution in [-0.4, -0.2) is 35.0 Å². The molecule has 0 radical (unpaired) electrons. The summed E-state index contributed by atoms with van der Waals surface area (Å²) < 4.78 is 5.24. The summed E-state index contributed by atoms with van der Waals surface area (Å²) in [6, 6.07) is 14.5. The summed E-state index contributed by atoms with van der Waals surface area (Å²) in [7, 11) is 0. The van der Waals surface area contributed by atoms with Crippen LogP contribution >= 0.6 is 0 Å². The van der Waals surface area contributed by atoms with E-state index in [0.29, 0.717) is 11.3 Å². The number of fused-ring (bicyclic) bond motifs is 1. The predicted octanol–water partition coefficient (Wildman–Crippen LogP) is 2.16. The normalized spacial score (nSPS) is 28.5. The fourth-order valence-corrected chi connectivity index (χ4v) is 4.41. The SMILES string of the molecule is CCOC(=O)[C@@]1(C)N[C@@H](c2ccc(O)cc2)[C@H]2C(=O)N(c3ccccc3)C(=O)[C@H]21. The Balaban J connectivity index is 1.81. The minimum atomic E-state index is -1.35. The molecule has 0 aromatic heterocycles. The van der Waals surface area contributed by atoms with Crippen molar-refractivity contribution in [3.8, 4) is 5.75 Å². The fraction of sp³-hybridized carbons (Fsp3) is 0.318. The van der Waals surface area contributed by atoms with Crippen molar-refractivity contribution >= 4 is 23.5 Å². The van der Waals surface area contributed by atoms with Crippen LogP contribution in [-0.2, 0) is 19.1 Å². The number of imide groups is 1. The van der Waals surface area contributed by atoms with Crippen LogP contribution in [0.15, 0.2) is 54.6 Å². The Morgan fingerprint density at radius 3 is 2.38 bits per heavy atom. The largest absolute Gasteiger partial charge is 0.508 e. The van der Waals surface area contributed by atoms with Gasteiger partial charge < -0.3 is 9.84 Å². The first kappa shape index (κ1) is 19.1. The Kier molecular flexibility index (Phi) is 4.62. The number of ether oxygens (including phenoxy) is 1. The Labute approximate surface area is 168 Å². The van der Waals surface area contributed by atoms with Gasteiger partial charge in [-0.25, -0.2) is 4.90 Å². The molecule has 2 heterocycles. The van der Waals surface area contributed by atoms with Crippen molar-refractivity contribution in [3.63, 3.8) is 0 Å². The highest BCUT2D eigenvalue weighted by molar-refractivity contribution is 6.24. The number of amides is 2. The molecule has 2 aliphatic heterocycles. The zero-order chi connectivity index (χ0) is 20.8. The van der Waals surface area contributed by atoms with E-state index in [9.17, 15) is 19.5 Å². The van der Waals surface area contributed by atoms with E-state index in [1.165, 1.54) is 17.0 Å². The summed E-state index contributed by atoms with van der Waals surface area (Å²) in [5.74, 6) is -2.90. The quantitative estimate of drug-likeness (QED) is 0.610. The number of phenols is 1. The number of rotatable bonds is 4. The smallest absolute Gasteiger partial charge is 0.326 e. The number of aromatic hydroxyl groups is 1. The predicted molar refractivity (Wildman–Crippen MR) is 105 cm³/mol. The molecule has 7 nitrogen and oxygen atoms in total. The number of phenolic OH excluding ortho intramolecular Hbond substituents is 1. The van der Waals surface area contributed by atoms with Crippen molar-refractivity contribution < 1.29 is 24.2 Å². The lowest BCUT2D eigenvalue weighted by atomic mass is 9.80. The third kappa shape index (κ3) is 2.89. The molecule has 29 heavy (non-hydrogen) atoms. The number of carbonyl (C=O) groups is 3. The molecule has 150 valence electrons. The molecule has 2 aliphatic rings. The second kappa shape index (κ2) is 7.00. The highest BCUT2D eigenvalue weighted by Gasteiger charge is 2.67. The molecule has 4 rings (SSSR count). The van der Waals surface area contributed by atoms with Crippen molar-refractivity contribution in [2.75, 3.05) is 11.5 Å². The number of nitrogens with one attached hydrogen (secondary N) is 1. The Morgan fingerprint density at radius 2 is 1.76 bits per heavy atom. The van der Waals surface area contributed by atoms with Gasteiger partial charge in [0.1, 0.15) is 11.3 Å². The number of para-hydroxylation sites is 1. The summed E-state index contributed by atoms with van der Waals surface area (Å²) in [5, 5.41) is 12.8. The molecule has 2 N–H and O–H groups in total. The molecule has 2 fully saturated rings. The van der Waals surface area contributed by atoms with Crippen molar-refractivity contribution in [1.29, 1.82) is 0 Å². The first-order valence-corrected chi connectivity index (χ1v) is 9.55. The molecule has 2 aromatic rings. The van der Waals surface area contributed by atoms with Crippen molar-refractivity contribution in [2.45, 2.75) is 25.4 Å². The van der Waals surface area contributed by atoms with Crippen LogP contribution in [0.2, 0.25) is 0 Å². The molecule has 0 bridgehead atoms. The van der Waals surface area contributed by atoms with Crippen LogP contribution in [0, 0.1) is 11.8 Å². The van der Waals surface area contributed by atoms with E-state index in [1.807, 2.05) is 0 Å². The maximum absolute atomic E-state index is 13.4. The zero-order valence-electron chi connectivity index (χ0n) is 16.2. The number of hydrogen-bond acceptors (Lipinski definition) is 6. The van der Waals surface area contributed by atoms with Crippen molar-refractivity contribution in [3.05, 3.63) is 60.2 Å². The number of benzene rings is 2. The fourth-order valence-electron chi connectivity index (χ4n) is 4.41. The van der Waals surface area contributed by atoms with E-state index < -0.39 is 35.3 Å². The number of anilines is 1. The molecular formula is C22H22N2O5. The van der Waals surface area contributed by atoms with Crippen LogP contribution in [0.5, 0.6) is 5.75 Å². The second-order valence-corrected chi connectivity index (χ2v) is 7.49. The lowest BCUT2D eigenvalue weighted by molar-refractivity contribution is -0.153. The Bertz CT molecular complexity index is 959. The van der Waals surface area contributed by atoms with E-state index in [1.54, 1.807) is 56.3 Å². The summed E-state index contributed by atoms with van der Waals surface area (Å²) in [4.78, 5) is 40.7. The van der Waals surface area contributed by atoms with Gasteiger partial charge >= 0.3 is 5.97 Å². The van der Waals surface area contributed by atoms with Gasteiger partial charge in [-0.3, -0.25) is 19.7 Å². The van der Waals surface area contributed by atoms with Crippen LogP contribution in [0.3, 0.4) is 0 Å². The average molecular weight is 394 g/mol. The maximum Gasteiger partial charge on any atom is 0.326 e. The highest BCUT2D eigenvalue weighted by Crippen LogP contribution is 2.50. The van der Waals surface area contributed by atoms with Gasteiger partial charge in [-0.1, -0.05) is 30.3 Å². The number of nitrogens with zero attached hydrogens (tertiary/aromatic N) is 1. The molecular weight excluding hydrogens is 372 g/mol. The molecule has 2 aromatic carbocycles. The minimum absolute atomic E-state index is 0.0937. The summed E-state index contributed by atoms with van der Waals surface area (Å²) >= 11 is 0. The molecule has 7 heteroatoms. The molecule has 0 spiro atoms. The lowest BCUT2D eigenvalue weighted by Crippen LogP contribution is -2.54. The van der Waals surface area contributed by atoms with E-state index in [2.05, 4.69) is 5.32 Å². The molecule has 4 atom stereocenters. The van der Waals surface area contributed by atoms with Crippen LogP contribution in [0.25, 0.3) is 0 Å². The van der Waals surface area contributed by atoms with E-state index in [0.717, 1.165) is 0 Å². The maximum atomic E-state index is 13.4. The molecule has 0 saturated carbocycles. The van der Waals surface area contributed by atoms with Gasteiger partial charge in [0.15, 0.2) is 0 Å². The van der Waals surface area contributed by atoms with Gasteiger partial charge in [-0.2, -0.15) is 0 Å². The summed E-state index contributed by atoms with van der Waals surface area (Å²) in [6.07, 6.45) is 0. The van der Waals surface area contributed by atoms with Crippen LogP contribution < -0.4 is 10.2 Å². The van der Waals surface area contributed by atoms with Gasteiger partial charge in [0.2, 0.25) is 11.8 Å². The highest BCUT2D eigenvalue weighted by atomic mass is 16.5. The first-order chi connectivity index (χ1) is 13.9. The topological polar surface area (TPSA) is 95.9 Å². The standard InChI is InChI=1S/C22H22N2O5/c1-3-29-21(28)22(2)17-16(18(23-22)13-9-11-15(25)12-10-13)19(26)24(20(17)27)14-7-5-4-6-8-14/h4-12,16-18,23,25H,3H2,1-2H3/t16-,17-,18-,22-/m0/s1. The number of carbonyl (C=O) groups excluding carboxylic acids is 3. The van der Waals surface area contributed by atoms with Gasteiger partial charge in [0.05, 0.1) is 24.1 Å². The van der Waals surface area contributed by atoms with Crippen molar-refractivity contribution in [2.24, 2.45) is 11.8 Å². The third-order valence-corrected chi connectivity index (χ3v) is 5.75. The third-order valence-electron chi connectivity index (χ3n) is 5.75. The lowest BCUT2D eigenvalue weighted by Gasteiger charge is -2.29. The van der Waals surface area contributed by atoms with Gasteiger partial charge in [0.25, 0.3) is 0 Å². The van der Waals surface area contributed by atoms with Gasteiger partial charge in [-0.15, -0.1) is 0 Å². The zero-order valence-corrected chi connectivity index (χ0v) is 16.2. The molecule has 2 saturated heterocycles. The van der Waals surface area contributed by atoms with E-state index >= 15 is 0 Å². The Morgan fingerprint density at radius 1 is 1.10 bits per heavy atom. The summed E-state index contributed by atoms with van der Waals surface area (Å²) in [6.45, 7) is 3.48. The number of hydrogen-bond donors (Lipinski definition) is 2. The van der Waals surface area contributed by atoms with Crippen molar-refractivity contribution in [1.82, 2.24) is 5.32 Å². The van der Waals surface area contributed by atoms with Gasteiger partial charge in [-0.05, 0) is 43.7 Å². The Hall–Kier alpha value is -3.19. The van der Waals surface area contributed by atoms with E-state index in [4.69, 9.17) is 4.74 Å². The molecule has 2 amide bonds. The number of esters is 1. The average Bonchev–Trinajstić information content (AvgIpc) is 3.17. The monoisotopic (exact) mass is 394 g/mol. The molecule has 0 unspecified atom stereocenters. The summed E-state index contributed by atoms with van der Waals surface area (Å²) in [5.41, 5.74) is -0.158.